The van der Waals surface area contributed by atoms with Crippen molar-refractivity contribution in [3.63, 3.8) is 0 Å². The molecule has 1 heterocycles. The van der Waals surface area contributed by atoms with E-state index in [4.69, 9.17) is 4.74 Å². The molecule has 3 rings (SSSR count). The summed E-state index contributed by atoms with van der Waals surface area (Å²) >= 11 is 0. The number of rotatable bonds is 4. The Morgan fingerprint density at radius 2 is 1.95 bits per heavy atom. The molecule has 2 aromatic carbocycles. The highest BCUT2D eigenvalue weighted by molar-refractivity contribution is 5.84. The van der Waals surface area contributed by atoms with Crippen LogP contribution in [0.2, 0.25) is 0 Å². The van der Waals surface area contributed by atoms with Gasteiger partial charge in [-0.3, -0.25) is 0 Å². The van der Waals surface area contributed by atoms with Gasteiger partial charge in [-0.1, -0.05) is 30.3 Å². The normalized spacial score (nSPS) is 10.5. The second-order valence-corrected chi connectivity index (χ2v) is 4.61. The number of hydrogen-bond acceptors (Lipinski definition) is 5. The summed E-state index contributed by atoms with van der Waals surface area (Å²) in [4.78, 5) is 21.8. The Morgan fingerprint density at radius 3 is 2.68 bits per heavy atom. The summed E-state index contributed by atoms with van der Waals surface area (Å²) in [6.07, 6.45) is 1.36. The average Bonchev–Trinajstić information content (AvgIpc) is 2.95. The molecule has 0 amide bonds. The molecule has 0 aliphatic carbocycles. The molecular weight excluding hydrogens is 286 g/mol. The third kappa shape index (κ3) is 2.93. The van der Waals surface area contributed by atoms with Crippen LogP contribution < -0.4 is 4.74 Å². The van der Waals surface area contributed by atoms with Crippen molar-refractivity contribution < 1.29 is 14.5 Å². The first kappa shape index (κ1) is 13.7. The molecule has 3 aromatic rings. The molecule has 1 aromatic heterocycles. The fourth-order valence-corrected chi connectivity index (χ4v) is 2.06. The molecule has 22 heavy (non-hydrogen) atoms. The van der Waals surface area contributed by atoms with Crippen LogP contribution in [0.15, 0.2) is 54.7 Å². The monoisotopic (exact) mass is 297 g/mol. The Hall–Kier alpha value is -3.22. The molecule has 0 radical (unpaired) electrons. The number of esters is 1. The topological polar surface area (TPSA) is 87.3 Å². The number of fused-ring (bicyclic) bond motifs is 1. The van der Waals surface area contributed by atoms with Gasteiger partial charge in [0.25, 0.3) is 0 Å². The van der Waals surface area contributed by atoms with Gasteiger partial charge in [0.2, 0.25) is 0 Å². The van der Waals surface area contributed by atoms with Crippen molar-refractivity contribution >= 4 is 22.6 Å². The lowest BCUT2D eigenvalue weighted by Crippen LogP contribution is -2.16. The van der Waals surface area contributed by atoms with Crippen LogP contribution in [0.1, 0.15) is 0 Å². The number of benzene rings is 2. The molecule has 0 fully saturated rings. The quantitative estimate of drug-likeness (QED) is 0.319. The molecule has 0 spiro atoms. The molecule has 0 atom stereocenters. The summed E-state index contributed by atoms with van der Waals surface area (Å²) in [6.45, 7) is -0.194. The van der Waals surface area contributed by atoms with Gasteiger partial charge < -0.3 is 14.9 Å². The predicted octanol–water partition coefficient (Wildman–Crippen LogP) is 2.55. The smallest absolute Gasteiger partial charge is 0.389 e. The number of carbonyl (C=O) groups is 1. The van der Waals surface area contributed by atoms with Crippen LogP contribution in [0.25, 0.3) is 10.8 Å². The van der Waals surface area contributed by atoms with E-state index in [1.165, 1.54) is 16.9 Å². The van der Waals surface area contributed by atoms with Crippen LogP contribution >= 0.6 is 0 Å². The van der Waals surface area contributed by atoms with Crippen LogP contribution in [0.3, 0.4) is 0 Å². The zero-order valence-electron chi connectivity index (χ0n) is 11.4. The van der Waals surface area contributed by atoms with Gasteiger partial charge in [-0.2, -0.15) is 4.68 Å². The number of nitro groups is 1. The van der Waals surface area contributed by atoms with Crippen molar-refractivity contribution in [3.8, 4) is 5.75 Å². The molecule has 7 nitrogen and oxygen atoms in total. The van der Waals surface area contributed by atoms with E-state index in [9.17, 15) is 14.9 Å². The maximum atomic E-state index is 11.8. The summed E-state index contributed by atoms with van der Waals surface area (Å²) in [5.74, 6) is -0.433. The highest BCUT2D eigenvalue weighted by Crippen LogP contribution is 2.20. The average molecular weight is 297 g/mol. The SMILES string of the molecule is O=C(Cn1ccc([N+](=O)[O-])n1)Oc1ccc2ccccc2c1. The highest BCUT2D eigenvalue weighted by atomic mass is 16.6. The zero-order valence-corrected chi connectivity index (χ0v) is 11.4. The maximum absolute atomic E-state index is 11.8. The Kier molecular flexibility index (Phi) is 3.53. The standard InChI is InChI=1S/C15H11N3O4/c19-15(10-17-8-7-14(16-17)18(20)21)22-13-6-5-11-3-1-2-4-12(11)9-13/h1-9H,10H2. The van der Waals surface area contributed by atoms with E-state index in [0.717, 1.165) is 10.8 Å². The van der Waals surface area contributed by atoms with Gasteiger partial charge in [0.1, 0.15) is 5.75 Å². The second kappa shape index (κ2) is 5.65. The third-order valence-electron chi connectivity index (χ3n) is 3.06. The van der Waals surface area contributed by atoms with Crippen LogP contribution in [0.5, 0.6) is 5.75 Å². The van der Waals surface area contributed by atoms with Gasteiger partial charge in [-0.25, -0.2) is 4.79 Å². The molecule has 0 bridgehead atoms. The van der Waals surface area contributed by atoms with Gasteiger partial charge in [0.05, 0.1) is 17.4 Å². The Bertz CT molecular complexity index is 857. The van der Waals surface area contributed by atoms with Gasteiger partial charge >= 0.3 is 11.8 Å². The minimum absolute atomic E-state index is 0.194. The second-order valence-electron chi connectivity index (χ2n) is 4.61. The van der Waals surface area contributed by atoms with Crippen molar-refractivity contribution in [3.05, 3.63) is 64.8 Å². The number of aromatic nitrogens is 2. The molecule has 0 saturated carbocycles. The predicted molar refractivity (Wildman–Crippen MR) is 78.5 cm³/mol. The first-order valence-electron chi connectivity index (χ1n) is 6.49. The fraction of sp³-hybridized carbons (Fsp3) is 0.0667. The summed E-state index contributed by atoms with van der Waals surface area (Å²) in [5, 5.41) is 16.2. The Labute approximate surface area is 124 Å². The lowest BCUT2D eigenvalue weighted by molar-refractivity contribution is -0.389. The van der Waals surface area contributed by atoms with E-state index < -0.39 is 10.9 Å². The molecule has 110 valence electrons. The van der Waals surface area contributed by atoms with E-state index in [2.05, 4.69) is 5.10 Å². The van der Waals surface area contributed by atoms with E-state index in [1.54, 1.807) is 12.1 Å². The van der Waals surface area contributed by atoms with Crippen molar-refractivity contribution in [1.29, 1.82) is 0 Å². The van der Waals surface area contributed by atoms with Gasteiger partial charge in [0.15, 0.2) is 6.54 Å². The number of ether oxygens (including phenoxy) is 1. The first-order valence-corrected chi connectivity index (χ1v) is 6.49. The molecule has 0 unspecified atom stereocenters. The van der Waals surface area contributed by atoms with Crippen molar-refractivity contribution in [1.82, 2.24) is 9.78 Å². The van der Waals surface area contributed by atoms with E-state index in [-0.39, 0.29) is 12.4 Å². The molecule has 7 heteroatoms. The number of carbonyl (C=O) groups excluding carboxylic acids is 1. The first-order chi connectivity index (χ1) is 10.6. The molecule has 0 N–H and O–H groups in total. The summed E-state index contributed by atoms with van der Waals surface area (Å²) in [5.41, 5.74) is 0. The van der Waals surface area contributed by atoms with Crippen molar-refractivity contribution in [2.45, 2.75) is 6.54 Å². The Morgan fingerprint density at radius 1 is 1.18 bits per heavy atom. The summed E-state index contributed by atoms with van der Waals surface area (Å²) in [7, 11) is 0. The van der Waals surface area contributed by atoms with Gasteiger partial charge in [-0.15, -0.1) is 0 Å². The van der Waals surface area contributed by atoms with Crippen molar-refractivity contribution in [2.75, 3.05) is 0 Å². The van der Waals surface area contributed by atoms with E-state index in [1.807, 2.05) is 30.3 Å². The van der Waals surface area contributed by atoms with Crippen LogP contribution in [-0.4, -0.2) is 20.7 Å². The van der Waals surface area contributed by atoms with E-state index in [0.29, 0.717) is 5.75 Å². The number of nitrogens with zero attached hydrogens (tertiary/aromatic N) is 3. The van der Waals surface area contributed by atoms with E-state index >= 15 is 0 Å². The van der Waals surface area contributed by atoms with Crippen LogP contribution in [0.4, 0.5) is 5.82 Å². The molecule has 0 aliphatic rings. The molecular formula is C15H11N3O4. The van der Waals surface area contributed by atoms with Crippen LogP contribution in [-0.2, 0) is 11.3 Å². The summed E-state index contributed by atoms with van der Waals surface area (Å²) in [6, 6.07) is 14.3. The van der Waals surface area contributed by atoms with Crippen molar-refractivity contribution in [2.24, 2.45) is 0 Å². The largest absolute Gasteiger partial charge is 0.425 e. The lowest BCUT2D eigenvalue weighted by Gasteiger charge is -2.04. The maximum Gasteiger partial charge on any atom is 0.389 e. The fourth-order valence-electron chi connectivity index (χ4n) is 2.06. The third-order valence-corrected chi connectivity index (χ3v) is 3.06. The summed E-state index contributed by atoms with van der Waals surface area (Å²) < 4.78 is 6.39. The molecule has 0 aliphatic heterocycles. The highest BCUT2D eigenvalue weighted by Gasteiger charge is 2.14. The van der Waals surface area contributed by atoms with Gasteiger partial charge in [-0.05, 0) is 27.8 Å². The number of hydrogen-bond donors (Lipinski definition) is 0. The lowest BCUT2D eigenvalue weighted by atomic mass is 10.1. The van der Waals surface area contributed by atoms with Gasteiger partial charge in [0, 0.05) is 0 Å². The Balaban J connectivity index is 1.70. The van der Waals surface area contributed by atoms with Crippen LogP contribution in [0, 0.1) is 10.1 Å². The minimum atomic E-state index is -0.620. The minimum Gasteiger partial charge on any atom is -0.425 e. The zero-order chi connectivity index (χ0) is 15.5. The molecule has 0 saturated heterocycles.